The molecule has 0 bridgehead atoms. The first-order chi connectivity index (χ1) is 8.11. The highest BCUT2D eigenvalue weighted by Gasteiger charge is 2.14. The second-order valence-corrected chi connectivity index (χ2v) is 3.47. The van der Waals surface area contributed by atoms with Crippen molar-refractivity contribution in [3.8, 4) is 11.4 Å². The molecule has 2 rings (SSSR count). The molecule has 0 radical (unpaired) electrons. The van der Waals surface area contributed by atoms with E-state index in [4.69, 9.17) is 11.6 Å². The summed E-state index contributed by atoms with van der Waals surface area (Å²) < 4.78 is 18.0. The summed E-state index contributed by atoms with van der Waals surface area (Å²) in [7, 11) is 1.26. The topological polar surface area (TPSA) is 67.9 Å². The van der Waals surface area contributed by atoms with Crippen molar-refractivity contribution in [1.82, 2.24) is 15.0 Å². The number of carbonyl (C=O) groups excluding carboxylic acids is 1. The Hall–Kier alpha value is -1.95. The first-order valence-corrected chi connectivity index (χ1v) is 4.94. The second kappa shape index (κ2) is 4.50. The van der Waals surface area contributed by atoms with E-state index >= 15 is 0 Å². The summed E-state index contributed by atoms with van der Waals surface area (Å²) in [5, 5.41) is -0.0735. The van der Waals surface area contributed by atoms with Gasteiger partial charge in [-0.1, -0.05) is 0 Å². The molecule has 0 fully saturated rings. The monoisotopic (exact) mass is 255 g/mol. The zero-order valence-corrected chi connectivity index (χ0v) is 9.45. The first-order valence-electron chi connectivity index (χ1n) is 4.57. The Morgan fingerprint density at radius 2 is 2.35 bits per heavy atom. The van der Waals surface area contributed by atoms with Crippen LogP contribution in [0.1, 0.15) is 10.4 Å². The minimum absolute atomic E-state index is 0.000142. The number of esters is 1. The van der Waals surface area contributed by atoms with Crippen LogP contribution in [-0.2, 0) is 4.74 Å². The van der Waals surface area contributed by atoms with E-state index in [1.54, 1.807) is 0 Å². The van der Waals surface area contributed by atoms with Crippen molar-refractivity contribution in [3.05, 3.63) is 35.1 Å². The Morgan fingerprint density at radius 1 is 1.59 bits per heavy atom. The van der Waals surface area contributed by atoms with Gasteiger partial charge in [-0.3, -0.25) is 0 Å². The van der Waals surface area contributed by atoms with Crippen LogP contribution in [0.2, 0.25) is 5.28 Å². The van der Waals surface area contributed by atoms with Gasteiger partial charge in [-0.2, -0.15) is 0 Å². The molecule has 2 heterocycles. The number of aromatic amines is 1. The normalized spacial score (nSPS) is 10.3. The summed E-state index contributed by atoms with van der Waals surface area (Å²) in [5.74, 6) is -1.15. The molecule has 88 valence electrons. The lowest BCUT2D eigenvalue weighted by atomic mass is 10.2. The number of ether oxygens (including phenoxy) is 1. The Labute approximate surface area is 101 Å². The molecule has 0 aliphatic heterocycles. The fraction of sp³-hybridized carbons (Fsp3) is 0.100. The van der Waals surface area contributed by atoms with Gasteiger partial charge in [0, 0.05) is 6.20 Å². The van der Waals surface area contributed by atoms with Crippen LogP contribution in [0.5, 0.6) is 0 Å². The van der Waals surface area contributed by atoms with Gasteiger partial charge in [-0.15, -0.1) is 0 Å². The van der Waals surface area contributed by atoms with E-state index in [9.17, 15) is 9.18 Å². The predicted octanol–water partition coefficient (Wildman–Crippen LogP) is 2.05. The minimum Gasteiger partial charge on any atom is -0.465 e. The molecule has 7 heteroatoms. The van der Waals surface area contributed by atoms with Crippen LogP contribution < -0.4 is 0 Å². The molecule has 17 heavy (non-hydrogen) atoms. The molecule has 2 aromatic heterocycles. The maximum Gasteiger partial charge on any atom is 0.339 e. The number of nitrogens with one attached hydrogen (secondary N) is 1. The summed E-state index contributed by atoms with van der Waals surface area (Å²) in [6, 6.07) is 1.42. The van der Waals surface area contributed by atoms with Gasteiger partial charge in [0.05, 0.1) is 24.6 Å². The number of halogens is 2. The van der Waals surface area contributed by atoms with Crippen LogP contribution in [0.25, 0.3) is 11.4 Å². The molecular formula is C10H7ClFN3O2. The molecule has 1 N–H and O–H groups in total. The second-order valence-electron chi connectivity index (χ2n) is 3.13. The van der Waals surface area contributed by atoms with Gasteiger partial charge in [0.1, 0.15) is 5.69 Å². The van der Waals surface area contributed by atoms with Gasteiger partial charge >= 0.3 is 5.97 Å². The summed E-state index contributed by atoms with van der Waals surface area (Å²) in [6.45, 7) is 0. The minimum atomic E-state index is -0.632. The summed E-state index contributed by atoms with van der Waals surface area (Å²) >= 11 is 5.57. The lowest BCUT2D eigenvalue weighted by Crippen LogP contribution is -1.98. The number of hydrogen-bond donors (Lipinski definition) is 1. The van der Waals surface area contributed by atoms with Gasteiger partial charge in [0.15, 0.2) is 5.82 Å². The summed E-state index contributed by atoms with van der Waals surface area (Å²) in [5.41, 5.74) is 0.601. The maximum absolute atomic E-state index is 13.4. The van der Waals surface area contributed by atoms with Gasteiger partial charge < -0.3 is 9.72 Å². The predicted molar refractivity (Wildman–Crippen MR) is 58.1 cm³/mol. The van der Waals surface area contributed by atoms with Crippen LogP contribution >= 0.6 is 11.6 Å². The van der Waals surface area contributed by atoms with E-state index in [2.05, 4.69) is 19.7 Å². The lowest BCUT2D eigenvalue weighted by molar-refractivity contribution is 0.0601. The van der Waals surface area contributed by atoms with Gasteiger partial charge in [0.2, 0.25) is 5.28 Å². The number of carbonyl (C=O) groups is 1. The van der Waals surface area contributed by atoms with E-state index in [-0.39, 0.29) is 16.5 Å². The van der Waals surface area contributed by atoms with Crippen molar-refractivity contribution in [2.24, 2.45) is 0 Å². The van der Waals surface area contributed by atoms with Crippen molar-refractivity contribution < 1.29 is 13.9 Å². The van der Waals surface area contributed by atoms with Crippen LogP contribution in [0.4, 0.5) is 4.39 Å². The molecule has 0 saturated carbocycles. The van der Waals surface area contributed by atoms with Crippen LogP contribution in [-0.4, -0.2) is 28.0 Å². The zero-order chi connectivity index (χ0) is 12.4. The van der Waals surface area contributed by atoms with Crippen molar-refractivity contribution in [2.45, 2.75) is 0 Å². The van der Waals surface area contributed by atoms with Crippen molar-refractivity contribution in [1.29, 1.82) is 0 Å². The molecule has 0 amide bonds. The average molecular weight is 256 g/mol. The Kier molecular flexibility index (Phi) is 3.06. The molecule has 2 aromatic rings. The standard InChI is InChI=1S/C10H7ClFN3O2/c1-17-9(16)5-2-7(13-3-5)8-6(12)4-14-10(11)15-8/h2-4,13H,1H3. The van der Waals surface area contributed by atoms with Gasteiger partial charge in [0.25, 0.3) is 0 Å². The van der Waals surface area contributed by atoms with Crippen LogP contribution in [0, 0.1) is 5.82 Å². The molecule has 0 aliphatic carbocycles. The summed E-state index contributed by atoms with van der Waals surface area (Å²) in [4.78, 5) is 21.2. The van der Waals surface area contributed by atoms with Gasteiger partial charge in [-0.25, -0.2) is 19.2 Å². The highest BCUT2D eigenvalue weighted by Crippen LogP contribution is 2.21. The molecule has 0 saturated heterocycles. The fourth-order valence-corrected chi connectivity index (χ4v) is 1.43. The molecule has 0 aromatic carbocycles. The number of aromatic nitrogens is 3. The van der Waals surface area contributed by atoms with E-state index in [0.717, 1.165) is 6.20 Å². The number of H-pyrrole nitrogens is 1. The number of methoxy groups -OCH3 is 1. The molecule has 0 atom stereocenters. The van der Waals surface area contributed by atoms with Crippen LogP contribution in [0.3, 0.4) is 0 Å². The smallest absolute Gasteiger partial charge is 0.339 e. The average Bonchev–Trinajstić information content (AvgIpc) is 2.80. The van der Waals surface area contributed by atoms with E-state index in [1.807, 2.05) is 0 Å². The highest BCUT2D eigenvalue weighted by molar-refractivity contribution is 6.28. The van der Waals surface area contributed by atoms with E-state index < -0.39 is 11.8 Å². The summed E-state index contributed by atoms with van der Waals surface area (Å²) in [6.07, 6.45) is 2.36. The van der Waals surface area contributed by atoms with E-state index in [0.29, 0.717) is 5.69 Å². The fourth-order valence-electron chi connectivity index (χ4n) is 1.30. The van der Waals surface area contributed by atoms with Crippen molar-refractivity contribution >= 4 is 17.6 Å². The molecule has 0 spiro atoms. The third kappa shape index (κ3) is 2.26. The Morgan fingerprint density at radius 3 is 3.06 bits per heavy atom. The molecule has 5 nitrogen and oxygen atoms in total. The lowest BCUT2D eigenvalue weighted by Gasteiger charge is -1.98. The van der Waals surface area contributed by atoms with Gasteiger partial charge in [-0.05, 0) is 17.7 Å². The van der Waals surface area contributed by atoms with Crippen LogP contribution in [0.15, 0.2) is 18.5 Å². The molecule has 0 aliphatic rings. The number of nitrogens with zero attached hydrogens (tertiary/aromatic N) is 2. The Bertz CT molecular complexity index is 570. The van der Waals surface area contributed by atoms with Crippen molar-refractivity contribution in [2.75, 3.05) is 7.11 Å². The quantitative estimate of drug-likeness (QED) is 0.659. The number of rotatable bonds is 2. The highest BCUT2D eigenvalue weighted by atomic mass is 35.5. The maximum atomic E-state index is 13.4. The zero-order valence-electron chi connectivity index (χ0n) is 8.70. The Balaban J connectivity index is 2.43. The largest absolute Gasteiger partial charge is 0.465 e. The number of hydrogen-bond acceptors (Lipinski definition) is 4. The third-order valence-electron chi connectivity index (χ3n) is 2.07. The molecular weight excluding hydrogens is 249 g/mol. The molecule has 0 unspecified atom stereocenters. The third-order valence-corrected chi connectivity index (χ3v) is 2.26. The first kappa shape index (κ1) is 11.5. The van der Waals surface area contributed by atoms with E-state index in [1.165, 1.54) is 19.4 Å². The van der Waals surface area contributed by atoms with Crippen molar-refractivity contribution in [3.63, 3.8) is 0 Å². The SMILES string of the molecule is COC(=O)c1c[nH]c(-c2nc(Cl)ncc2F)c1.